The smallest absolute Gasteiger partial charge is 0.119 e. The molecule has 1 aliphatic carbocycles. The minimum Gasteiger partial charge on any atom is -0.493 e. The van der Waals surface area contributed by atoms with Crippen LogP contribution in [0.3, 0.4) is 0 Å². The molecule has 0 saturated heterocycles. The summed E-state index contributed by atoms with van der Waals surface area (Å²) >= 11 is 4.63. The summed E-state index contributed by atoms with van der Waals surface area (Å²) in [5.41, 5.74) is 3.04. The highest BCUT2D eigenvalue weighted by atomic mass is 32.1. The number of benzene rings is 1. The Bertz CT molecular complexity index is 445. The predicted molar refractivity (Wildman–Crippen MR) is 94.8 cm³/mol. The molecule has 0 atom stereocenters. The first-order valence-corrected chi connectivity index (χ1v) is 9.04. The lowest BCUT2D eigenvalue weighted by Crippen LogP contribution is -2.30. The summed E-state index contributed by atoms with van der Waals surface area (Å²) in [6, 6.07) is 6.54. The summed E-state index contributed by atoms with van der Waals surface area (Å²) in [5, 5.41) is 0. The van der Waals surface area contributed by atoms with Crippen LogP contribution in [0, 0.1) is 12.3 Å². The Balaban J connectivity index is 2.02. The van der Waals surface area contributed by atoms with Gasteiger partial charge in [-0.05, 0) is 54.7 Å². The van der Waals surface area contributed by atoms with Crippen molar-refractivity contribution < 1.29 is 4.74 Å². The number of aryl methyl sites for hydroxylation is 1. The van der Waals surface area contributed by atoms with Gasteiger partial charge in [0.25, 0.3) is 0 Å². The van der Waals surface area contributed by atoms with Gasteiger partial charge in [0.2, 0.25) is 0 Å². The zero-order valence-electron chi connectivity index (χ0n) is 13.8. The fourth-order valence-corrected chi connectivity index (χ4v) is 3.86. The first-order valence-electron chi connectivity index (χ1n) is 8.40. The molecule has 0 spiro atoms. The molecule has 0 bridgehead atoms. The molecular formula is C19H30OS. The molecule has 0 aliphatic heterocycles. The summed E-state index contributed by atoms with van der Waals surface area (Å²) in [7, 11) is 0. The van der Waals surface area contributed by atoms with Gasteiger partial charge in [0, 0.05) is 5.41 Å². The highest BCUT2D eigenvalue weighted by Gasteiger charge is 2.30. The van der Waals surface area contributed by atoms with Crippen LogP contribution in [0.1, 0.15) is 69.4 Å². The van der Waals surface area contributed by atoms with Crippen LogP contribution in [0.4, 0.5) is 0 Å². The Morgan fingerprint density at radius 2 is 1.81 bits per heavy atom. The van der Waals surface area contributed by atoms with Crippen molar-refractivity contribution in [1.82, 2.24) is 0 Å². The van der Waals surface area contributed by atoms with E-state index >= 15 is 0 Å². The molecule has 1 aliphatic rings. The van der Waals surface area contributed by atoms with Gasteiger partial charge in [-0.2, -0.15) is 12.6 Å². The van der Waals surface area contributed by atoms with Crippen molar-refractivity contribution in [3.63, 3.8) is 0 Å². The average Bonchev–Trinajstić information content (AvgIpc) is 2.71. The summed E-state index contributed by atoms with van der Waals surface area (Å²) in [4.78, 5) is 0. The van der Waals surface area contributed by atoms with Gasteiger partial charge in [0.15, 0.2) is 0 Å². The minimum absolute atomic E-state index is 0.282. The second-order valence-corrected chi connectivity index (χ2v) is 7.35. The molecule has 0 amide bonds. The summed E-state index contributed by atoms with van der Waals surface area (Å²) in [5.74, 6) is 2.53. The fourth-order valence-electron chi connectivity index (χ4n) is 3.45. The largest absolute Gasteiger partial charge is 0.493 e. The van der Waals surface area contributed by atoms with Gasteiger partial charge in [-0.3, -0.25) is 0 Å². The molecule has 1 aromatic rings. The van der Waals surface area contributed by atoms with E-state index in [-0.39, 0.29) is 5.41 Å². The molecule has 21 heavy (non-hydrogen) atoms. The second-order valence-electron chi connectivity index (χ2n) is 7.03. The van der Waals surface area contributed by atoms with Crippen LogP contribution in [0.2, 0.25) is 0 Å². The first kappa shape index (κ1) is 16.7. The van der Waals surface area contributed by atoms with E-state index in [1.54, 1.807) is 0 Å². The van der Waals surface area contributed by atoms with E-state index < -0.39 is 0 Å². The van der Waals surface area contributed by atoms with Crippen molar-refractivity contribution in [3.8, 4) is 5.75 Å². The molecule has 1 aromatic carbocycles. The van der Waals surface area contributed by atoms with Crippen molar-refractivity contribution in [2.24, 2.45) is 5.41 Å². The molecule has 1 nitrogen and oxygen atoms in total. The van der Waals surface area contributed by atoms with Crippen molar-refractivity contribution in [2.75, 3.05) is 12.4 Å². The van der Waals surface area contributed by atoms with E-state index in [0.29, 0.717) is 5.92 Å². The maximum absolute atomic E-state index is 6.16. The maximum atomic E-state index is 6.16. The third-order valence-electron chi connectivity index (χ3n) is 4.91. The molecule has 0 unspecified atom stereocenters. The van der Waals surface area contributed by atoms with Crippen LogP contribution >= 0.6 is 12.6 Å². The normalized spacial score (nSPS) is 18.5. The van der Waals surface area contributed by atoms with Crippen LogP contribution < -0.4 is 4.74 Å². The summed E-state index contributed by atoms with van der Waals surface area (Å²) in [6.45, 7) is 7.48. The molecule has 0 radical (unpaired) electrons. The van der Waals surface area contributed by atoms with Gasteiger partial charge < -0.3 is 4.74 Å². The average molecular weight is 307 g/mol. The number of rotatable bonds is 5. The molecule has 0 N–H and O–H groups in total. The second kappa shape index (κ2) is 7.58. The number of ether oxygens (including phenoxy) is 1. The van der Waals surface area contributed by atoms with Crippen LogP contribution in [-0.2, 0) is 0 Å². The predicted octanol–water partition coefficient (Wildman–Crippen LogP) is 5.77. The Morgan fingerprint density at radius 1 is 1.14 bits per heavy atom. The lowest BCUT2D eigenvalue weighted by atomic mass is 9.83. The number of hydrogen-bond acceptors (Lipinski definition) is 2. The molecule has 1 saturated carbocycles. The third kappa shape index (κ3) is 4.42. The number of thiol groups is 1. The molecule has 2 rings (SSSR count). The van der Waals surface area contributed by atoms with E-state index in [0.717, 1.165) is 18.1 Å². The van der Waals surface area contributed by atoms with Crippen molar-refractivity contribution in [3.05, 3.63) is 29.3 Å². The molecule has 1 fully saturated rings. The fraction of sp³-hybridized carbons (Fsp3) is 0.684. The summed E-state index contributed by atoms with van der Waals surface area (Å²) < 4.78 is 6.16. The van der Waals surface area contributed by atoms with Gasteiger partial charge in [-0.15, -0.1) is 0 Å². The quantitative estimate of drug-likeness (QED) is 0.537. The Labute approximate surface area is 135 Å². The van der Waals surface area contributed by atoms with Crippen LogP contribution in [-0.4, -0.2) is 12.4 Å². The van der Waals surface area contributed by atoms with E-state index in [1.165, 1.54) is 49.7 Å². The lowest BCUT2D eigenvalue weighted by molar-refractivity contribution is 0.148. The Hall–Kier alpha value is -0.630. The topological polar surface area (TPSA) is 9.23 Å². The van der Waals surface area contributed by atoms with Crippen molar-refractivity contribution in [2.45, 2.75) is 65.2 Å². The van der Waals surface area contributed by atoms with E-state index in [9.17, 15) is 0 Å². The van der Waals surface area contributed by atoms with E-state index in [2.05, 4.69) is 51.6 Å². The molecule has 0 heterocycles. The van der Waals surface area contributed by atoms with Gasteiger partial charge in [-0.25, -0.2) is 0 Å². The van der Waals surface area contributed by atoms with E-state index in [4.69, 9.17) is 4.74 Å². The molecule has 118 valence electrons. The minimum atomic E-state index is 0.282. The van der Waals surface area contributed by atoms with Crippen molar-refractivity contribution >= 4 is 12.6 Å². The van der Waals surface area contributed by atoms with Gasteiger partial charge in [0.05, 0.1) is 6.61 Å². The maximum Gasteiger partial charge on any atom is 0.119 e. The number of hydrogen-bond donors (Lipinski definition) is 1. The highest BCUT2D eigenvalue weighted by molar-refractivity contribution is 7.80. The van der Waals surface area contributed by atoms with Gasteiger partial charge in [-0.1, -0.05) is 45.6 Å². The van der Waals surface area contributed by atoms with Crippen molar-refractivity contribution in [1.29, 1.82) is 0 Å². The molecular weight excluding hydrogens is 276 g/mol. The Morgan fingerprint density at radius 3 is 2.33 bits per heavy atom. The SMILES string of the molecule is Cc1cc(OCC2(CS)CCCCCC2)ccc1C(C)C. The summed E-state index contributed by atoms with van der Waals surface area (Å²) in [6.07, 6.45) is 7.93. The first-order chi connectivity index (χ1) is 10.1. The lowest BCUT2D eigenvalue weighted by Gasteiger charge is -2.31. The monoisotopic (exact) mass is 306 g/mol. The third-order valence-corrected chi connectivity index (χ3v) is 5.58. The standard InChI is InChI=1S/C19H30OS/c1-15(2)18-9-8-17(12-16(18)3)20-13-19(14-21)10-6-4-5-7-11-19/h8-9,12,15,21H,4-7,10-11,13-14H2,1-3H3. The van der Waals surface area contributed by atoms with Crippen LogP contribution in [0.5, 0.6) is 5.75 Å². The Kier molecular flexibility index (Phi) is 6.04. The van der Waals surface area contributed by atoms with E-state index in [1.807, 2.05) is 0 Å². The van der Waals surface area contributed by atoms with Crippen LogP contribution in [0.25, 0.3) is 0 Å². The van der Waals surface area contributed by atoms with Crippen LogP contribution in [0.15, 0.2) is 18.2 Å². The zero-order chi connectivity index (χ0) is 15.3. The molecule has 2 heteroatoms. The molecule has 0 aromatic heterocycles. The van der Waals surface area contributed by atoms with Gasteiger partial charge in [0.1, 0.15) is 5.75 Å². The zero-order valence-corrected chi connectivity index (χ0v) is 14.7. The highest BCUT2D eigenvalue weighted by Crippen LogP contribution is 2.37. The van der Waals surface area contributed by atoms with Gasteiger partial charge >= 0.3 is 0 Å².